The zero-order valence-electron chi connectivity index (χ0n) is 12.6. The molecule has 6 nitrogen and oxygen atoms in total. The number of hydrogen-bond donors (Lipinski definition) is 1. The lowest BCUT2D eigenvalue weighted by atomic mass is 9.82. The molecule has 0 aliphatic carbocycles. The summed E-state index contributed by atoms with van der Waals surface area (Å²) >= 11 is 0. The third-order valence-corrected chi connectivity index (χ3v) is 4.01. The molecule has 0 radical (unpaired) electrons. The van der Waals surface area contributed by atoms with Gasteiger partial charge in [-0.1, -0.05) is 32.9 Å². The molecular weight excluding hydrogens is 284 g/mol. The van der Waals surface area contributed by atoms with E-state index < -0.39 is 29.7 Å². The van der Waals surface area contributed by atoms with Crippen LogP contribution in [0.25, 0.3) is 0 Å². The molecule has 22 heavy (non-hydrogen) atoms. The van der Waals surface area contributed by atoms with Crippen LogP contribution in [0.1, 0.15) is 53.5 Å². The number of nitrogens with zero attached hydrogens (tertiary/aromatic N) is 1. The van der Waals surface area contributed by atoms with E-state index in [0.29, 0.717) is 11.1 Å². The van der Waals surface area contributed by atoms with E-state index >= 15 is 0 Å². The minimum atomic E-state index is -1.05. The Kier molecular flexibility index (Phi) is 2.95. The Bertz CT molecular complexity index is 730. The zero-order chi connectivity index (χ0) is 16.2. The monoisotopic (exact) mass is 300 g/mol. The highest BCUT2D eigenvalue weighted by Gasteiger charge is 2.47. The maximum atomic E-state index is 12.7. The molecule has 6 heteroatoms. The average Bonchev–Trinajstić information content (AvgIpc) is 2.87. The SMILES string of the molecule is CC(C)(C)c1cccc2c1C(=O)N(C1CC(=O)NC1=O)C2=O. The number of fused-ring (bicyclic) bond motifs is 1. The standard InChI is InChI=1S/C16H16N2O4/c1-16(2,3)9-6-4-5-8-12(9)15(22)18(14(8)21)10-7-11(19)17-13(10)20/h4-6,10H,7H2,1-3H3,(H,17,19,20). The third-order valence-electron chi connectivity index (χ3n) is 4.01. The van der Waals surface area contributed by atoms with Crippen LogP contribution in [0.2, 0.25) is 0 Å². The predicted octanol–water partition coefficient (Wildman–Crippen LogP) is 0.995. The van der Waals surface area contributed by atoms with Crippen LogP contribution in [0, 0.1) is 0 Å². The zero-order valence-corrected chi connectivity index (χ0v) is 12.6. The number of nitrogens with one attached hydrogen (secondary N) is 1. The van der Waals surface area contributed by atoms with E-state index in [1.807, 2.05) is 26.8 Å². The minimum absolute atomic E-state index is 0.171. The van der Waals surface area contributed by atoms with Crippen LogP contribution in [0.4, 0.5) is 0 Å². The average molecular weight is 300 g/mol. The highest BCUT2D eigenvalue weighted by molar-refractivity contribution is 6.24. The van der Waals surface area contributed by atoms with Crippen molar-refractivity contribution < 1.29 is 19.2 Å². The van der Waals surface area contributed by atoms with Crippen molar-refractivity contribution in [2.75, 3.05) is 0 Å². The second-order valence-corrected chi connectivity index (χ2v) is 6.59. The molecule has 1 N–H and O–H groups in total. The van der Waals surface area contributed by atoms with E-state index in [4.69, 9.17) is 0 Å². The summed E-state index contributed by atoms with van der Waals surface area (Å²) in [4.78, 5) is 49.4. The van der Waals surface area contributed by atoms with Gasteiger partial charge in [0.15, 0.2) is 0 Å². The Hall–Kier alpha value is -2.50. The van der Waals surface area contributed by atoms with Crippen LogP contribution in [0.15, 0.2) is 18.2 Å². The van der Waals surface area contributed by atoms with Crippen molar-refractivity contribution in [1.29, 1.82) is 0 Å². The summed E-state index contributed by atoms with van der Waals surface area (Å²) in [5.41, 5.74) is 1.08. The van der Waals surface area contributed by atoms with Gasteiger partial charge in [0.05, 0.1) is 17.5 Å². The van der Waals surface area contributed by atoms with Gasteiger partial charge in [-0.25, -0.2) is 0 Å². The fourth-order valence-corrected chi connectivity index (χ4v) is 2.96. The molecule has 2 aliphatic rings. The second-order valence-electron chi connectivity index (χ2n) is 6.59. The molecule has 0 aromatic heterocycles. The van der Waals surface area contributed by atoms with Gasteiger partial charge < -0.3 is 0 Å². The first kappa shape index (κ1) is 14.4. The predicted molar refractivity (Wildman–Crippen MR) is 77.2 cm³/mol. The number of imide groups is 2. The van der Waals surface area contributed by atoms with Crippen molar-refractivity contribution in [3.63, 3.8) is 0 Å². The van der Waals surface area contributed by atoms with E-state index in [1.54, 1.807) is 12.1 Å². The topological polar surface area (TPSA) is 83.6 Å². The lowest BCUT2D eigenvalue weighted by Gasteiger charge is -2.22. The van der Waals surface area contributed by atoms with Crippen LogP contribution < -0.4 is 5.32 Å². The number of benzene rings is 1. The highest BCUT2D eigenvalue weighted by Crippen LogP contribution is 2.35. The van der Waals surface area contributed by atoms with E-state index in [2.05, 4.69) is 5.32 Å². The van der Waals surface area contributed by atoms with E-state index in [-0.39, 0.29) is 11.8 Å². The Morgan fingerprint density at radius 3 is 2.32 bits per heavy atom. The summed E-state index contributed by atoms with van der Waals surface area (Å²) in [5, 5.41) is 2.13. The summed E-state index contributed by atoms with van der Waals surface area (Å²) in [7, 11) is 0. The van der Waals surface area contributed by atoms with E-state index in [1.165, 1.54) is 0 Å². The van der Waals surface area contributed by atoms with Gasteiger partial charge in [-0.05, 0) is 17.0 Å². The van der Waals surface area contributed by atoms with Crippen LogP contribution >= 0.6 is 0 Å². The summed E-state index contributed by atoms with van der Waals surface area (Å²) in [6, 6.07) is 4.08. The molecule has 0 spiro atoms. The number of carbonyl (C=O) groups excluding carboxylic acids is 4. The van der Waals surface area contributed by atoms with Gasteiger partial charge in [-0.3, -0.25) is 29.4 Å². The molecule has 0 saturated carbocycles. The van der Waals surface area contributed by atoms with Gasteiger partial charge in [0, 0.05) is 0 Å². The molecule has 2 heterocycles. The molecular formula is C16H16N2O4. The molecule has 2 aliphatic heterocycles. The smallest absolute Gasteiger partial charge is 0.262 e. The fraction of sp³-hybridized carbons (Fsp3) is 0.375. The molecule has 3 rings (SSSR count). The van der Waals surface area contributed by atoms with Gasteiger partial charge in [-0.2, -0.15) is 0 Å². The van der Waals surface area contributed by atoms with Gasteiger partial charge in [0.1, 0.15) is 6.04 Å². The van der Waals surface area contributed by atoms with Gasteiger partial charge in [0.25, 0.3) is 11.8 Å². The molecule has 1 unspecified atom stereocenters. The Balaban J connectivity index is 2.10. The number of carbonyl (C=O) groups is 4. The van der Waals surface area contributed by atoms with Crippen LogP contribution in [-0.4, -0.2) is 34.6 Å². The van der Waals surface area contributed by atoms with Crippen LogP contribution in [-0.2, 0) is 15.0 Å². The Morgan fingerprint density at radius 2 is 1.77 bits per heavy atom. The first-order chi connectivity index (χ1) is 10.2. The fourth-order valence-electron chi connectivity index (χ4n) is 2.96. The maximum Gasteiger partial charge on any atom is 0.262 e. The quantitative estimate of drug-likeness (QED) is 0.784. The number of rotatable bonds is 1. The first-order valence-electron chi connectivity index (χ1n) is 7.07. The van der Waals surface area contributed by atoms with Crippen molar-refractivity contribution >= 4 is 23.6 Å². The lowest BCUT2D eigenvalue weighted by Crippen LogP contribution is -2.44. The molecule has 1 aromatic carbocycles. The summed E-state index contributed by atoms with van der Waals surface area (Å²) in [5.74, 6) is -2.08. The van der Waals surface area contributed by atoms with Gasteiger partial charge in [-0.15, -0.1) is 0 Å². The Labute approximate surface area is 127 Å². The van der Waals surface area contributed by atoms with E-state index in [0.717, 1.165) is 10.5 Å². The Morgan fingerprint density at radius 1 is 1.09 bits per heavy atom. The van der Waals surface area contributed by atoms with Gasteiger partial charge >= 0.3 is 0 Å². The summed E-state index contributed by atoms with van der Waals surface area (Å²) in [6.07, 6.45) is -0.171. The molecule has 4 amide bonds. The maximum absolute atomic E-state index is 12.7. The molecule has 1 fully saturated rings. The molecule has 1 saturated heterocycles. The van der Waals surface area contributed by atoms with Crippen molar-refractivity contribution in [3.05, 3.63) is 34.9 Å². The molecule has 114 valence electrons. The molecule has 0 bridgehead atoms. The normalized spacial score (nSPS) is 21.4. The van der Waals surface area contributed by atoms with E-state index in [9.17, 15) is 19.2 Å². The number of amides is 4. The van der Waals surface area contributed by atoms with Gasteiger partial charge in [0.2, 0.25) is 11.8 Å². The number of hydrogen-bond acceptors (Lipinski definition) is 4. The van der Waals surface area contributed by atoms with Crippen molar-refractivity contribution in [1.82, 2.24) is 10.2 Å². The molecule has 1 aromatic rings. The van der Waals surface area contributed by atoms with Crippen LogP contribution in [0.5, 0.6) is 0 Å². The van der Waals surface area contributed by atoms with Crippen LogP contribution in [0.3, 0.4) is 0 Å². The second kappa shape index (κ2) is 4.50. The molecule has 1 atom stereocenters. The van der Waals surface area contributed by atoms with Crippen molar-refractivity contribution in [2.45, 2.75) is 38.6 Å². The minimum Gasteiger partial charge on any atom is -0.295 e. The summed E-state index contributed by atoms with van der Waals surface area (Å²) < 4.78 is 0. The highest BCUT2D eigenvalue weighted by atomic mass is 16.2. The lowest BCUT2D eigenvalue weighted by molar-refractivity contribution is -0.125. The largest absolute Gasteiger partial charge is 0.295 e. The summed E-state index contributed by atoms with van der Waals surface area (Å²) in [6.45, 7) is 5.86. The first-order valence-corrected chi connectivity index (χ1v) is 7.07. The van der Waals surface area contributed by atoms with Crippen molar-refractivity contribution in [2.24, 2.45) is 0 Å². The third kappa shape index (κ3) is 1.94. The van der Waals surface area contributed by atoms with Crippen molar-refractivity contribution in [3.8, 4) is 0 Å².